The van der Waals surface area contributed by atoms with Gasteiger partial charge in [0.2, 0.25) is 0 Å². The minimum Gasteiger partial charge on any atom is -0.354 e. The van der Waals surface area contributed by atoms with Crippen LogP contribution in [0.4, 0.5) is 17.1 Å². The van der Waals surface area contributed by atoms with Crippen molar-refractivity contribution in [2.75, 3.05) is 10.6 Å². The fraction of sp³-hybridized carbons (Fsp3) is 0. The molecule has 1 amide bonds. The molecule has 5 heteroatoms. The first-order chi connectivity index (χ1) is 11.6. The molecule has 0 spiro atoms. The molecule has 0 atom stereocenters. The molecule has 3 rings (SSSR count). The van der Waals surface area contributed by atoms with Crippen LogP contribution in [0.1, 0.15) is 10.4 Å². The molecule has 120 valence electrons. The molecule has 3 aromatic rings. The number of halogens is 2. The number of nitrogens with one attached hydrogen (secondary N) is 2. The fourth-order valence-electron chi connectivity index (χ4n) is 2.19. The van der Waals surface area contributed by atoms with Crippen molar-refractivity contribution in [2.24, 2.45) is 0 Å². The average molecular weight is 446 g/mol. The van der Waals surface area contributed by atoms with Crippen LogP contribution in [0, 0.1) is 0 Å². The van der Waals surface area contributed by atoms with Gasteiger partial charge in [-0.15, -0.1) is 0 Å². The molecule has 0 fully saturated rings. The molecule has 0 unspecified atom stereocenters. The molecule has 0 heterocycles. The SMILES string of the molecule is O=C(Nc1ccccc1Nc1ccc(Br)cc1)c1ccc(Br)cc1. The van der Waals surface area contributed by atoms with Crippen LogP contribution in [0.5, 0.6) is 0 Å². The molecular weight excluding hydrogens is 432 g/mol. The molecule has 0 aliphatic heterocycles. The Kier molecular flexibility index (Phi) is 5.33. The molecule has 0 aromatic heterocycles. The van der Waals surface area contributed by atoms with Crippen LogP contribution in [0.15, 0.2) is 81.7 Å². The molecule has 0 radical (unpaired) electrons. The van der Waals surface area contributed by atoms with Gasteiger partial charge in [0.15, 0.2) is 0 Å². The summed E-state index contributed by atoms with van der Waals surface area (Å²) in [6, 6.07) is 22.7. The predicted octanol–water partition coefficient (Wildman–Crippen LogP) is 6.21. The molecule has 2 N–H and O–H groups in total. The van der Waals surface area contributed by atoms with Crippen molar-refractivity contribution in [3.05, 3.63) is 87.3 Å². The van der Waals surface area contributed by atoms with Crippen LogP contribution in [0.25, 0.3) is 0 Å². The van der Waals surface area contributed by atoms with Crippen LogP contribution in [-0.2, 0) is 0 Å². The van der Waals surface area contributed by atoms with E-state index in [-0.39, 0.29) is 5.91 Å². The van der Waals surface area contributed by atoms with Gasteiger partial charge in [-0.3, -0.25) is 4.79 Å². The largest absolute Gasteiger partial charge is 0.354 e. The molecule has 0 aliphatic rings. The van der Waals surface area contributed by atoms with E-state index >= 15 is 0 Å². The van der Waals surface area contributed by atoms with E-state index in [0.29, 0.717) is 5.56 Å². The van der Waals surface area contributed by atoms with Crippen molar-refractivity contribution in [3.8, 4) is 0 Å². The van der Waals surface area contributed by atoms with Gasteiger partial charge < -0.3 is 10.6 Å². The summed E-state index contributed by atoms with van der Waals surface area (Å²) in [6.07, 6.45) is 0. The molecule has 3 nitrogen and oxygen atoms in total. The summed E-state index contributed by atoms with van der Waals surface area (Å²) in [5, 5.41) is 6.27. The number of rotatable bonds is 4. The number of anilines is 3. The molecular formula is C19H14Br2N2O. The number of amides is 1. The third kappa shape index (κ3) is 4.24. The number of carbonyl (C=O) groups excluding carboxylic acids is 1. The van der Waals surface area contributed by atoms with E-state index in [9.17, 15) is 4.79 Å². The highest BCUT2D eigenvalue weighted by Crippen LogP contribution is 2.26. The Hall–Kier alpha value is -2.11. The summed E-state index contributed by atoms with van der Waals surface area (Å²) < 4.78 is 1.96. The summed E-state index contributed by atoms with van der Waals surface area (Å²) in [5.74, 6) is -0.146. The van der Waals surface area contributed by atoms with E-state index in [2.05, 4.69) is 42.5 Å². The van der Waals surface area contributed by atoms with Gasteiger partial charge in [0.25, 0.3) is 5.91 Å². The molecule has 0 saturated carbocycles. The third-order valence-electron chi connectivity index (χ3n) is 3.40. The van der Waals surface area contributed by atoms with Crippen molar-refractivity contribution < 1.29 is 4.79 Å². The number of hydrogen-bond acceptors (Lipinski definition) is 2. The van der Waals surface area contributed by atoms with Crippen LogP contribution in [0.2, 0.25) is 0 Å². The van der Waals surface area contributed by atoms with E-state index in [1.165, 1.54) is 0 Å². The first kappa shape index (κ1) is 16.7. The lowest BCUT2D eigenvalue weighted by molar-refractivity contribution is 0.102. The van der Waals surface area contributed by atoms with Crippen LogP contribution >= 0.6 is 31.9 Å². The van der Waals surface area contributed by atoms with Crippen molar-refractivity contribution in [3.63, 3.8) is 0 Å². The highest BCUT2D eigenvalue weighted by atomic mass is 79.9. The molecule has 3 aromatic carbocycles. The van der Waals surface area contributed by atoms with Gasteiger partial charge in [-0.25, -0.2) is 0 Å². The second-order valence-electron chi connectivity index (χ2n) is 5.14. The number of hydrogen-bond donors (Lipinski definition) is 2. The molecule has 24 heavy (non-hydrogen) atoms. The molecule has 0 saturated heterocycles. The van der Waals surface area contributed by atoms with Crippen molar-refractivity contribution in [1.82, 2.24) is 0 Å². The van der Waals surface area contributed by atoms with Gasteiger partial charge in [0.1, 0.15) is 0 Å². The third-order valence-corrected chi connectivity index (χ3v) is 4.46. The predicted molar refractivity (Wildman–Crippen MR) is 106 cm³/mol. The Morgan fingerprint density at radius 1 is 0.708 bits per heavy atom. The topological polar surface area (TPSA) is 41.1 Å². The quantitative estimate of drug-likeness (QED) is 0.501. The van der Waals surface area contributed by atoms with Gasteiger partial charge >= 0.3 is 0 Å². The van der Waals surface area contributed by atoms with Gasteiger partial charge in [-0.05, 0) is 60.7 Å². The lowest BCUT2D eigenvalue weighted by Crippen LogP contribution is -2.12. The van der Waals surface area contributed by atoms with Crippen LogP contribution in [-0.4, -0.2) is 5.91 Å². The van der Waals surface area contributed by atoms with E-state index < -0.39 is 0 Å². The smallest absolute Gasteiger partial charge is 0.255 e. The minimum atomic E-state index is -0.146. The zero-order valence-corrected chi connectivity index (χ0v) is 15.8. The number of para-hydroxylation sites is 2. The standard InChI is InChI=1S/C19H14Br2N2O/c20-14-7-5-13(6-8-14)19(24)23-18-4-2-1-3-17(18)22-16-11-9-15(21)10-12-16/h1-12,22H,(H,23,24). The lowest BCUT2D eigenvalue weighted by atomic mass is 10.2. The Morgan fingerprint density at radius 3 is 1.88 bits per heavy atom. The zero-order valence-electron chi connectivity index (χ0n) is 12.6. The van der Waals surface area contributed by atoms with Gasteiger partial charge in [0.05, 0.1) is 11.4 Å². The van der Waals surface area contributed by atoms with E-state index in [1.807, 2.05) is 60.7 Å². The highest BCUT2D eigenvalue weighted by molar-refractivity contribution is 9.10. The summed E-state index contributed by atoms with van der Waals surface area (Å²) in [7, 11) is 0. The minimum absolute atomic E-state index is 0.146. The van der Waals surface area contributed by atoms with Gasteiger partial charge in [0, 0.05) is 20.2 Å². The van der Waals surface area contributed by atoms with Crippen LogP contribution < -0.4 is 10.6 Å². The maximum absolute atomic E-state index is 12.4. The number of benzene rings is 3. The second-order valence-corrected chi connectivity index (χ2v) is 6.97. The van der Waals surface area contributed by atoms with Gasteiger partial charge in [-0.2, -0.15) is 0 Å². The molecule has 0 aliphatic carbocycles. The van der Waals surface area contributed by atoms with Crippen molar-refractivity contribution in [2.45, 2.75) is 0 Å². The second kappa shape index (κ2) is 7.64. The summed E-state index contributed by atoms with van der Waals surface area (Å²) in [6.45, 7) is 0. The normalized spacial score (nSPS) is 10.2. The summed E-state index contributed by atoms with van der Waals surface area (Å²) in [5.41, 5.74) is 3.12. The number of carbonyl (C=O) groups is 1. The lowest BCUT2D eigenvalue weighted by Gasteiger charge is -2.13. The Balaban J connectivity index is 1.79. The Bertz CT molecular complexity index is 846. The summed E-state index contributed by atoms with van der Waals surface area (Å²) >= 11 is 6.79. The molecule has 0 bridgehead atoms. The maximum atomic E-state index is 12.4. The van der Waals surface area contributed by atoms with Crippen molar-refractivity contribution >= 4 is 54.8 Å². The first-order valence-electron chi connectivity index (χ1n) is 7.30. The first-order valence-corrected chi connectivity index (χ1v) is 8.89. The summed E-state index contributed by atoms with van der Waals surface area (Å²) in [4.78, 5) is 12.4. The fourth-order valence-corrected chi connectivity index (χ4v) is 2.71. The average Bonchev–Trinajstić information content (AvgIpc) is 2.59. The van der Waals surface area contributed by atoms with E-state index in [1.54, 1.807) is 12.1 Å². The highest BCUT2D eigenvalue weighted by Gasteiger charge is 2.09. The van der Waals surface area contributed by atoms with Gasteiger partial charge in [-0.1, -0.05) is 44.0 Å². The van der Waals surface area contributed by atoms with E-state index in [4.69, 9.17) is 0 Å². The monoisotopic (exact) mass is 444 g/mol. The zero-order chi connectivity index (χ0) is 16.9. The van der Waals surface area contributed by atoms with Crippen LogP contribution in [0.3, 0.4) is 0 Å². The Labute approximate surface area is 157 Å². The Morgan fingerprint density at radius 2 is 1.25 bits per heavy atom. The van der Waals surface area contributed by atoms with E-state index in [0.717, 1.165) is 26.0 Å². The van der Waals surface area contributed by atoms with Crippen molar-refractivity contribution in [1.29, 1.82) is 0 Å². The maximum Gasteiger partial charge on any atom is 0.255 e.